The van der Waals surface area contributed by atoms with Crippen LogP contribution in [0.1, 0.15) is 49.2 Å². The maximum Gasteiger partial charge on any atom is 0.434 e. The number of nitrogens with zero attached hydrogens (tertiary/aromatic N) is 3. The molecule has 1 unspecified atom stereocenters. The van der Waals surface area contributed by atoms with Crippen LogP contribution in [0.25, 0.3) is 0 Å². The summed E-state index contributed by atoms with van der Waals surface area (Å²) >= 11 is 0.962. The Bertz CT molecular complexity index is 700. The van der Waals surface area contributed by atoms with Crippen LogP contribution >= 0.6 is 11.3 Å². The second-order valence-electron chi connectivity index (χ2n) is 7.30. The van der Waals surface area contributed by atoms with E-state index < -0.39 is 11.9 Å². The molecule has 0 spiro atoms. The Kier molecular flexibility index (Phi) is 6.79. The summed E-state index contributed by atoms with van der Waals surface area (Å²) in [5.41, 5.74) is -0.870. The molecule has 1 aliphatic heterocycles. The van der Waals surface area contributed by atoms with Crippen LogP contribution in [-0.4, -0.2) is 47.9 Å². The SMILES string of the molecule is CN=C(NCc1nc(C(F)(F)F)cs1)NC1CCN(C(=O)C2CCCCC2)C1. The number of aromatic nitrogens is 1. The van der Waals surface area contributed by atoms with Gasteiger partial charge in [0.15, 0.2) is 11.7 Å². The Morgan fingerprint density at radius 1 is 1.32 bits per heavy atom. The smallest absolute Gasteiger partial charge is 0.352 e. The van der Waals surface area contributed by atoms with Gasteiger partial charge in [-0.2, -0.15) is 13.2 Å². The van der Waals surface area contributed by atoms with Crippen molar-refractivity contribution in [2.24, 2.45) is 10.9 Å². The second-order valence-corrected chi connectivity index (χ2v) is 8.24. The maximum atomic E-state index is 12.6. The van der Waals surface area contributed by atoms with E-state index in [1.165, 1.54) is 6.42 Å². The van der Waals surface area contributed by atoms with E-state index in [0.29, 0.717) is 17.5 Å². The molecular weight excluding hydrogens is 391 g/mol. The number of rotatable bonds is 4. The van der Waals surface area contributed by atoms with Crippen molar-refractivity contribution in [3.63, 3.8) is 0 Å². The van der Waals surface area contributed by atoms with Gasteiger partial charge in [0.25, 0.3) is 0 Å². The lowest BCUT2D eigenvalue weighted by molar-refractivity contribution is -0.140. The Labute approximate surface area is 166 Å². The van der Waals surface area contributed by atoms with Crippen LogP contribution in [0.2, 0.25) is 0 Å². The predicted molar refractivity (Wildman–Crippen MR) is 102 cm³/mol. The van der Waals surface area contributed by atoms with Crippen LogP contribution in [0.4, 0.5) is 13.2 Å². The van der Waals surface area contributed by atoms with Crippen molar-refractivity contribution in [3.8, 4) is 0 Å². The molecule has 2 aliphatic rings. The van der Waals surface area contributed by atoms with Gasteiger partial charge in [-0.25, -0.2) is 4.98 Å². The lowest BCUT2D eigenvalue weighted by Crippen LogP contribution is -2.45. The molecule has 6 nitrogen and oxygen atoms in total. The molecule has 1 amide bonds. The number of amides is 1. The number of guanidine groups is 1. The third-order valence-corrected chi connectivity index (χ3v) is 6.12. The number of aliphatic imine (C=N–C) groups is 1. The highest BCUT2D eigenvalue weighted by molar-refractivity contribution is 7.09. The molecule has 1 saturated carbocycles. The maximum absolute atomic E-state index is 12.6. The minimum absolute atomic E-state index is 0.0840. The van der Waals surface area contributed by atoms with Crippen molar-refractivity contribution < 1.29 is 18.0 Å². The van der Waals surface area contributed by atoms with Crippen molar-refractivity contribution in [2.75, 3.05) is 20.1 Å². The highest BCUT2D eigenvalue weighted by Crippen LogP contribution is 2.30. The summed E-state index contributed by atoms with van der Waals surface area (Å²) in [6, 6.07) is 0.0840. The summed E-state index contributed by atoms with van der Waals surface area (Å²) in [6.07, 6.45) is 1.88. The fourth-order valence-electron chi connectivity index (χ4n) is 3.76. The molecular formula is C18H26F3N5OS. The summed E-state index contributed by atoms with van der Waals surface area (Å²) in [7, 11) is 1.61. The average Bonchev–Trinajstić information content (AvgIpc) is 3.34. The average molecular weight is 418 g/mol. The molecule has 0 bridgehead atoms. The molecule has 10 heteroatoms. The van der Waals surface area contributed by atoms with E-state index in [2.05, 4.69) is 20.6 Å². The summed E-state index contributed by atoms with van der Waals surface area (Å²) in [6.45, 7) is 1.52. The van der Waals surface area contributed by atoms with Gasteiger partial charge in [0.05, 0.1) is 6.54 Å². The summed E-state index contributed by atoms with van der Waals surface area (Å²) in [4.78, 5) is 22.3. The number of hydrogen-bond donors (Lipinski definition) is 2. The van der Waals surface area contributed by atoms with Crippen molar-refractivity contribution in [2.45, 2.75) is 57.3 Å². The van der Waals surface area contributed by atoms with Crippen LogP contribution in [0.3, 0.4) is 0 Å². The molecule has 1 aliphatic carbocycles. The van der Waals surface area contributed by atoms with Gasteiger partial charge in [0.2, 0.25) is 5.91 Å². The van der Waals surface area contributed by atoms with Crippen molar-refractivity contribution in [3.05, 3.63) is 16.1 Å². The number of thiazole rings is 1. The van der Waals surface area contributed by atoms with Gasteiger partial charge in [-0.1, -0.05) is 19.3 Å². The number of halogens is 3. The zero-order valence-corrected chi connectivity index (χ0v) is 16.7. The van der Waals surface area contributed by atoms with Crippen LogP contribution in [0.5, 0.6) is 0 Å². The molecule has 2 fully saturated rings. The number of hydrogen-bond acceptors (Lipinski definition) is 4. The van der Waals surface area contributed by atoms with E-state index in [4.69, 9.17) is 0 Å². The largest absolute Gasteiger partial charge is 0.434 e. The molecule has 1 atom stereocenters. The van der Waals surface area contributed by atoms with Crippen LogP contribution in [0, 0.1) is 5.92 Å². The monoisotopic (exact) mass is 417 g/mol. The minimum atomic E-state index is -4.42. The normalized spacial score (nSPS) is 21.8. The van der Waals surface area contributed by atoms with Gasteiger partial charge >= 0.3 is 6.18 Å². The van der Waals surface area contributed by atoms with Gasteiger partial charge in [-0.05, 0) is 19.3 Å². The van der Waals surface area contributed by atoms with Gasteiger partial charge in [0.1, 0.15) is 5.01 Å². The molecule has 0 radical (unpaired) electrons. The third-order valence-electron chi connectivity index (χ3n) is 5.27. The quantitative estimate of drug-likeness (QED) is 0.584. The highest BCUT2D eigenvalue weighted by atomic mass is 32.1. The predicted octanol–water partition coefficient (Wildman–Crippen LogP) is 3.01. The van der Waals surface area contributed by atoms with Crippen LogP contribution < -0.4 is 10.6 Å². The summed E-state index contributed by atoms with van der Waals surface area (Å²) < 4.78 is 37.9. The number of alkyl halides is 3. The van der Waals surface area contributed by atoms with Gasteiger partial charge in [0, 0.05) is 37.5 Å². The number of carbonyl (C=O) groups is 1. The number of carbonyl (C=O) groups excluding carboxylic acids is 1. The summed E-state index contributed by atoms with van der Waals surface area (Å²) in [5.74, 6) is 0.924. The van der Waals surface area contributed by atoms with E-state index in [9.17, 15) is 18.0 Å². The Morgan fingerprint density at radius 2 is 2.07 bits per heavy atom. The molecule has 1 aromatic heterocycles. The Balaban J connectivity index is 1.46. The first-order chi connectivity index (χ1) is 13.4. The second kappa shape index (κ2) is 9.11. The Morgan fingerprint density at radius 3 is 2.71 bits per heavy atom. The van der Waals surface area contributed by atoms with Gasteiger partial charge in [-0.3, -0.25) is 9.79 Å². The van der Waals surface area contributed by atoms with E-state index in [1.54, 1.807) is 7.05 Å². The topological polar surface area (TPSA) is 69.6 Å². The number of nitrogens with one attached hydrogen (secondary N) is 2. The first kappa shape index (κ1) is 20.9. The Hall–Kier alpha value is -1.84. The van der Waals surface area contributed by atoms with E-state index in [1.807, 2.05) is 4.90 Å². The first-order valence-electron chi connectivity index (χ1n) is 9.64. The lowest BCUT2D eigenvalue weighted by atomic mass is 9.88. The molecule has 0 aromatic carbocycles. The zero-order chi connectivity index (χ0) is 20.1. The fraction of sp³-hybridized carbons (Fsp3) is 0.722. The van der Waals surface area contributed by atoms with Crippen LogP contribution in [-0.2, 0) is 17.5 Å². The zero-order valence-electron chi connectivity index (χ0n) is 15.9. The molecule has 2 N–H and O–H groups in total. The molecule has 3 rings (SSSR count). The first-order valence-corrected chi connectivity index (χ1v) is 10.5. The van der Waals surface area contributed by atoms with Crippen molar-refractivity contribution >= 4 is 23.2 Å². The summed E-state index contributed by atoms with van der Waals surface area (Å²) in [5, 5.41) is 7.62. The van der Waals surface area contributed by atoms with Crippen LogP contribution in [0.15, 0.2) is 10.4 Å². The number of likely N-dealkylation sites (tertiary alicyclic amines) is 1. The van der Waals surface area contributed by atoms with E-state index in [0.717, 1.165) is 55.4 Å². The van der Waals surface area contributed by atoms with E-state index >= 15 is 0 Å². The molecule has 1 saturated heterocycles. The minimum Gasteiger partial charge on any atom is -0.352 e. The fourth-order valence-corrected chi connectivity index (χ4v) is 4.50. The highest BCUT2D eigenvalue weighted by Gasteiger charge is 2.34. The standard InChI is InChI=1S/C18H26F3N5OS/c1-22-17(23-9-15-25-14(11-28-15)18(19,20)21)24-13-7-8-26(10-13)16(27)12-5-3-2-4-6-12/h11-13H,2-10H2,1H3,(H2,22,23,24). The van der Waals surface area contributed by atoms with Crippen molar-refractivity contribution in [1.82, 2.24) is 20.5 Å². The molecule has 156 valence electrons. The van der Waals surface area contributed by atoms with Crippen molar-refractivity contribution in [1.29, 1.82) is 0 Å². The molecule has 2 heterocycles. The third kappa shape index (κ3) is 5.36. The van der Waals surface area contributed by atoms with Gasteiger partial charge < -0.3 is 15.5 Å². The lowest BCUT2D eigenvalue weighted by Gasteiger charge is -2.26. The molecule has 1 aromatic rings. The van der Waals surface area contributed by atoms with Gasteiger partial charge in [-0.15, -0.1) is 11.3 Å². The van der Waals surface area contributed by atoms with E-state index in [-0.39, 0.29) is 24.4 Å². The molecule has 28 heavy (non-hydrogen) atoms.